The van der Waals surface area contributed by atoms with E-state index in [0.29, 0.717) is 21.3 Å². The maximum atomic E-state index is 13.9. The number of hydrogen-bond donors (Lipinski definition) is 1. The molecule has 0 fully saturated rings. The van der Waals surface area contributed by atoms with Crippen LogP contribution in [0.1, 0.15) is 26.3 Å². The van der Waals surface area contributed by atoms with Gasteiger partial charge in [0.1, 0.15) is 0 Å². The summed E-state index contributed by atoms with van der Waals surface area (Å²) in [6.07, 6.45) is 1.80. The Morgan fingerprint density at radius 2 is 1.70 bits per heavy atom. The van der Waals surface area contributed by atoms with Gasteiger partial charge in [-0.1, -0.05) is 52.1 Å². The molecule has 3 heterocycles. The molecule has 0 saturated heterocycles. The van der Waals surface area contributed by atoms with E-state index in [2.05, 4.69) is 59.8 Å². The Morgan fingerprint density at radius 3 is 2.27 bits per heavy atom. The van der Waals surface area contributed by atoms with Crippen molar-refractivity contribution in [2.24, 2.45) is 0 Å². The van der Waals surface area contributed by atoms with Crippen molar-refractivity contribution in [2.75, 3.05) is 19.0 Å². The largest absolute Gasteiger partial charge is 0.376 e. The highest BCUT2D eigenvalue weighted by atomic mass is 79.9. The van der Waals surface area contributed by atoms with Gasteiger partial charge in [0.2, 0.25) is 0 Å². The number of nitrogens with one attached hydrogen (secondary N) is 1. The smallest absolute Gasteiger partial charge is 0.260 e. The summed E-state index contributed by atoms with van der Waals surface area (Å²) in [5.74, 6) is -0.497. The average Bonchev–Trinajstić information content (AvgIpc) is 3.22. The molecule has 1 aliphatic heterocycles. The number of nitrogens with zero attached hydrogens (tertiary/aromatic N) is 3. The number of rotatable bonds is 4. The number of halogens is 1. The molecule has 33 heavy (non-hydrogen) atoms. The van der Waals surface area contributed by atoms with Gasteiger partial charge in [-0.05, 0) is 39.2 Å². The van der Waals surface area contributed by atoms with Gasteiger partial charge in [0.15, 0.2) is 8.24 Å². The SMILES string of the molecule is CN(C)c1ccc(-c2[nH]c3ccccc3c2C2=C(Br)C(=O)N([Si](C)(C)C(C)(C)C)C2=O)nc1. The third kappa shape index (κ3) is 3.65. The van der Waals surface area contributed by atoms with Crippen LogP contribution in [0.2, 0.25) is 18.1 Å². The summed E-state index contributed by atoms with van der Waals surface area (Å²) in [5, 5.41) is 0.712. The summed E-state index contributed by atoms with van der Waals surface area (Å²) < 4.78 is 1.84. The Bertz CT molecular complexity index is 1300. The van der Waals surface area contributed by atoms with E-state index >= 15 is 0 Å². The minimum absolute atomic E-state index is 0.173. The van der Waals surface area contributed by atoms with Crippen molar-refractivity contribution < 1.29 is 9.59 Å². The lowest BCUT2D eigenvalue weighted by Crippen LogP contribution is -2.57. The molecular weight excluding hydrogens is 496 g/mol. The number of carbonyl (C=O) groups is 2. The number of H-pyrrole nitrogens is 1. The molecule has 0 saturated carbocycles. The van der Waals surface area contributed by atoms with Crippen LogP contribution < -0.4 is 4.90 Å². The van der Waals surface area contributed by atoms with Gasteiger partial charge in [-0.25, -0.2) is 0 Å². The number of carbonyl (C=O) groups excluding carboxylic acids is 2. The minimum atomic E-state index is -2.45. The fourth-order valence-corrected chi connectivity index (χ4v) is 6.57. The van der Waals surface area contributed by atoms with Crippen molar-refractivity contribution in [3.8, 4) is 11.4 Å². The highest BCUT2D eigenvalue weighted by Crippen LogP contribution is 2.47. The maximum Gasteiger partial charge on any atom is 0.260 e. The Balaban J connectivity index is 1.94. The third-order valence-corrected chi connectivity index (χ3v) is 12.8. The summed E-state index contributed by atoms with van der Waals surface area (Å²) in [4.78, 5) is 37.4. The summed E-state index contributed by atoms with van der Waals surface area (Å²) in [6, 6.07) is 11.8. The lowest BCUT2D eigenvalue weighted by Gasteiger charge is -2.42. The number of hydrogen-bond acceptors (Lipinski definition) is 4. The van der Waals surface area contributed by atoms with E-state index in [9.17, 15) is 9.59 Å². The zero-order valence-corrected chi connectivity index (χ0v) is 22.7. The molecule has 1 aliphatic rings. The Labute approximate surface area is 203 Å². The number of pyridine rings is 1. The molecule has 0 aliphatic carbocycles. The van der Waals surface area contributed by atoms with E-state index in [-0.39, 0.29) is 16.9 Å². The molecule has 0 spiro atoms. The standard InChI is InChI=1S/C25H29BrN4O2Si/c1-25(2,3)33(6,7)30-23(31)20(21(26)24(30)32)19-16-10-8-9-11-17(16)28-22(19)18-13-12-15(14-27-18)29(4)5/h8-14,28H,1-7H3. The second kappa shape index (κ2) is 7.95. The predicted molar refractivity (Wildman–Crippen MR) is 141 cm³/mol. The Hall–Kier alpha value is -2.71. The Morgan fingerprint density at radius 1 is 1.03 bits per heavy atom. The summed E-state index contributed by atoms with van der Waals surface area (Å²) in [5.41, 5.74) is 4.42. The molecule has 0 radical (unpaired) electrons. The van der Waals surface area contributed by atoms with Crippen LogP contribution in [0, 0.1) is 0 Å². The molecule has 8 heteroatoms. The first-order chi connectivity index (χ1) is 15.4. The summed E-state index contributed by atoms with van der Waals surface area (Å²) in [7, 11) is 1.48. The molecule has 2 aromatic heterocycles. The second-order valence-electron chi connectivity index (χ2n) is 10.2. The number of imide groups is 1. The number of fused-ring (bicyclic) bond motifs is 1. The third-order valence-electron chi connectivity index (χ3n) is 6.90. The van der Waals surface area contributed by atoms with E-state index in [1.807, 2.05) is 55.4 Å². The van der Waals surface area contributed by atoms with Crippen LogP contribution in [0.5, 0.6) is 0 Å². The van der Waals surface area contributed by atoms with Crippen LogP contribution in [0.15, 0.2) is 47.1 Å². The fraction of sp³-hybridized carbons (Fsp3) is 0.320. The maximum absolute atomic E-state index is 13.9. The summed E-state index contributed by atoms with van der Waals surface area (Å²) >= 11 is 3.50. The van der Waals surface area contributed by atoms with Crippen LogP contribution in [-0.2, 0) is 9.59 Å². The molecule has 172 valence electrons. The highest BCUT2D eigenvalue weighted by molar-refractivity contribution is 9.12. The topological polar surface area (TPSA) is 69.3 Å². The molecule has 2 amide bonds. The molecule has 0 bridgehead atoms. The van der Waals surface area contributed by atoms with Crippen molar-refractivity contribution in [3.05, 3.63) is 52.6 Å². The van der Waals surface area contributed by atoms with Gasteiger partial charge < -0.3 is 14.4 Å². The zero-order valence-electron chi connectivity index (χ0n) is 20.1. The van der Waals surface area contributed by atoms with Gasteiger partial charge in [0.05, 0.1) is 33.3 Å². The van der Waals surface area contributed by atoms with E-state index < -0.39 is 8.24 Å². The van der Waals surface area contributed by atoms with Gasteiger partial charge in [-0.2, -0.15) is 0 Å². The molecular formula is C25H29BrN4O2Si. The van der Waals surface area contributed by atoms with Gasteiger partial charge in [-0.3, -0.25) is 14.6 Å². The lowest BCUT2D eigenvalue weighted by molar-refractivity contribution is -0.131. The quantitative estimate of drug-likeness (QED) is 0.347. The minimum Gasteiger partial charge on any atom is -0.376 e. The number of anilines is 1. The molecule has 4 rings (SSSR count). The second-order valence-corrected chi connectivity index (χ2v) is 16.0. The van der Waals surface area contributed by atoms with Crippen LogP contribution >= 0.6 is 15.9 Å². The van der Waals surface area contributed by atoms with E-state index in [4.69, 9.17) is 0 Å². The molecule has 3 aromatic rings. The van der Waals surface area contributed by atoms with Crippen molar-refractivity contribution >= 4 is 58.1 Å². The average molecular weight is 526 g/mol. The molecule has 1 N–H and O–H groups in total. The monoisotopic (exact) mass is 524 g/mol. The van der Waals surface area contributed by atoms with E-state index in [1.165, 1.54) is 4.57 Å². The molecule has 0 atom stereocenters. The van der Waals surface area contributed by atoms with Crippen molar-refractivity contribution in [1.29, 1.82) is 0 Å². The first-order valence-electron chi connectivity index (χ1n) is 10.9. The van der Waals surface area contributed by atoms with Crippen molar-refractivity contribution in [2.45, 2.75) is 38.9 Å². The number of amides is 2. The van der Waals surface area contributed by atoms with Crippen molar-refractivity contribution in [1.82, 2.24) is 14.5 Å². The van der Waals surface area contributed by atoms with Crippen LogP contribution in [0.4, 0.5) is 5.69 Å². The zero-order chi connectivity index (χ0) is 24.3. The van der Waals surface area contributed by atoms with Crippen LogP contribution in [0.25, 0.3) is 27.9 Å². The first-order valence-corrected chi connectivity index (χ1v) is 14.6. The van der Waals surface area contributed by atoms with Gasteiger partial charge in [0, 0.05) is 30.6 Å². The molecule has 6 nitrogen and oxygen atoms in total. The van der Waals surface area contributed by atoms with Crippen LogP contribution in [-0.4, -0.2) is 48.7 Å². The van der Waals surface area contributed by atoms with Crippen molar-refractivity contribution in [3.63, 3.8) is 0 Å². The van der Waals surface area contributed by atoms with Gasteiger partial charge in [-0.15, -0.1) is 0 Å². The van der Waals surface area contributed by atoms with Gasteiger partial charge in [0.25, 0.3) is 11.8 Å². The number of aromatic nitrogens is 2. The molecule has 1 aromatic carbocycles. The fourth-order valence-electron chi connectivity index (χ4n) is 3.96. The normalized spacial score (nSPS) is 15.2. The predicted octanol–water partition coefficient (Wildman–Crippen LogP) is 5.78. The van der Waals surface area contributed by atoms with Crippen LogP contribution in [0.3, 0.4) is 0 Å². The number of para-hydroxylation sites is 1. The lowest BCUT2D eigenvalue weighted by atomic mass is 10.0. The summed E-state index contributed by atoms with van der Waals surface area (Å²) in [6.45, 7) is 10.4. The Kier molecular flexibility index (Phi) is 5.65. The highest BCUT2D eigenvalue weighted by Gasteiger charge is 2.52. The van der Waals surface area contributed by atoms with Gasteiger partial charge >= 0.3 is 0 Å². The van der Waals surface area contributed by atoms with E-state index in [0.717, 1.165) is 22.3 Å². The first kappa shape index (κ1) is 23.4. The number of benzene rings is 1. The number of aromatic amines is 1. The molecule has 0 unspecified atom stereocenters. The van der Waals surface area contributed by atoms with E-state index in [1.54, 1.807) is 6.20 Å².